The zero-order valence-electron chi connectivity index (χ0n) is 24.2. The van der Waals surface area contributed by atoms with Crippen LogP contribution in [0.25, 0.3) is 6.20 Å². The third kappa shape index (κ3) is 10.4. The van der Waals surface area contributed by atoms with Gasteiger partial charge in [0, 0.05) is 12.3 Å². The van der Waals surface area contributed by atoms with Crippen molar-refractivity contribution >= 4 is 30.0 Å². The van der Waals surface area contributed by atoms with Gasteiger partial charge < -0.3 is 23.7 Å². The molecular formula is C34H34N3O7+. The van der Waals surface area contributed by atoms with Crippen LogP contribution in [0.3, 0.4) is 0 Å². The van der Waals surface area contributed by atoms with Crippen molar-refractivity contribution < 1.29 is 37.8 Å². The molecule has 4 aromatic rings. The van der Waals surface area contributed by atoms with Gasteiger partial charge in [0.05, 0.1) is 30.7 Å². The van der Waals surface area contributed by atoms with E-state index < -0.39 is 11.9 Å². The summed E-state index contributed by atoms with van der Waals surface area (Å²) in [5.41, 5.74) is 2.02. The molecule has 4 rings (SSSR count). The van der Waals surface area contributed by atoms with E-state index in [0.29, 0.717) is 61.5 Å². The maximum Gasteiger partial charge on any atom is 0.343 e. The molecule has 0 aliphatic rings. The molecule has 0 N–H and O–H groups in total. The molecule has 10 heteroatoms. The first-order valence-electron chi connectivity index (χ1n) is 13.9. The van der Waals surface area contributed by atoms with Crippen LogP contribution in [-0.4, -0.2) is 55.8 Å². The smallest absolute Gasteiger partial charge is 0.343 e. The van der Waals surface area contributed by atoms with Crippen LogP contribution >= 0.6 is 0 Å². The summed E-state index contributed by atoms with van der Waals surface area (Å²) < 4.78 is 31.0. The van der Waals surface area contributed by atoms with Gasteiger partial charge in [0.25, 0.3) is 0 Å². The van der Waals surface area contributed by atoms with Gasteiger partial charge in [-0.3, -0.25) is 4.99 Å². The number of imidazole rings is 1. The fourth-order valence-electron chi connectivity index (χ4n) is 3.75. The van der Waals surface area contributed by atoms with Crippen molar-refractivity contribution in [3.63, 3.8) is 0 Å². The molecule has 0 amide bonds. The number of nitrogens with zero attached hydrogens (tertiary/aromatic N) is 3. The second-order valence-corrected chi connectivity index (χ2v) is 9.20. The summed E-state index contributed by atoms with van der Waals surface area (Å²) in [6.45, 7) is 9.42. The molecule has 0 bridgehead atoms. The van der Waals surface area contributed by atoms with Crippen molar-refractivity contribution in [1.29, 1.82) is 0 Å². The van der Waals surface area contributed by atoms with Gasteiger partial charge in [0.15, 0.2) is 0 Å². The van der Waals surface area contributed by atoms with Crippen molar-refractivity contribution in [3.8, 4) is 17.2 Å². The summed E-state index contributed by atoms with van der Waals surface area (Å²) >= 11 is 0. The van der Waals surface area contributed by atoms with E-state index in [1.54, 1.807) is 60.9 Å². The summed E-state index contributed by atoms with van der Waals surface area (Å²) in [4.78, 5) is 28.0. The van der Waals surface area contributed by atoms with Gasteiger partial charge in [0.2, 0.25) is 6.33 Å². The van der Waals surface area contributed by atoms with Crippen molar-refractivity contribution in [3.05, 3.63) is 122 Å². The molecule has 0 atom stereocenters. The number of carbonyl (C=O) groups is 2. The Morgan fingerprint density at radius 2 is 1.45 bits per heavy atom. The van der Waals surface area contributed by atoms with Crippen molar-refractivity contribution in [2.45, 2.75) is 6.54 Å². The number of benzene rings is 3. The van der Waals surface area contributed by atoms with E-state index in [2.05, 4.69) is 18.2 Å². The van der Waals surface area contributed by atoms with Crippen molar-refractivity contribution in [1.82, 2.24) is 4.57 Å². The first-order valence-corrected chi connectivity index (χ1v) is 13.9. The highest BCUT2D eigenvalue weighted by molar-refractivity contribution is 5.91. The molecule has 44 heavy (non-hydrogen) atoms. The number of aliphatic imine (C=N–C) groups is 1. The zero-order chi connectivity index (χ0) is 31.0. The molecule has 0 saturated heterocycles. The number of hydrogen-bond donors (Lipinski definition) is 0. The van der Waals surface area contributed by atoms with Crippen LogP contribution in [0.15, 0.2) is 116 Å². The number of rotatable bonds is 17. The highest BCUT2D eigenvalue weighted by Crippen LogP contribution is 2.20. The van der Waals surface area contributed by atoms with E-state index in [-0.39, 0.29) is 6.61 Å². The molecule has 0 aliphatic heterocycles. The molecule has 0 unspecified atom stereocenters. The number of aromatic nitrogens is 2. The molecule has 10 nitrogen and oxygen atoms in total. The summed E-state index contributed by atoms with van der Waals surface area (Å²) in [5.74, 6) is 0.852. The predicted molar refractivity (Wildman–Crippen MR) is 166 cm³/mol. The Morgan fingerprint density at radius 1 is 0.795 bits per heavy atom. The Balaban J connectivity index is 1.16. The molecule has 1 heterocycles. The lowest BCUT2D eigenvalue weighted by molar-refractivity contribution is -0.696. The summed E-state index contributed by atoms with van der Waals surface area (Å²) in [7, 11) is 0. The monoisotopic (exact) mass is 596 g/mol. The number of ether oxygens (including phenoxy) is 5. The largest absolute Gasteiger partial charge is 0.491 e. The standard InChI is InChI=1S/C34H34N3O7/c1-3-33(38)43-24-22-40-21-23-42-30-11-5-27(6-12-30)25-35-29-9-15-32(16-10-29)44-34(39)28-7-13-31(14-8-28)41-20-19-37-18-17-36(4-2)26-37/h3-18,25-26H,1-2,19-24H2/q+1. The molecule has 0 spiro atoms. The number of esters is 2. The molecule has 1 aromatic heterocycles. The van der Waals surface area contributed by atoms with Gasteiger partial charge in [0.1, 0.15) is 56.0 Å². The fourth-order valence-corrected chi connectivity index (χ4v) is 3.75. The van der Waals surface area contributed by atoms with Crippen LogP contribution in [0.2, 0.25) is 0 Å². The molecule has 0 radical (unpaired) electrons. The fraction of sp³-hybridized carbons (Fsp3) is 0.176. The summed E-state index contributed by atoms with van der Waals surface area (Å²) in [6.07, 6.45) is 10.3. The second kappa shape index (κ2) is 16.8. The molecular weight excluding hydrogens is 562 g/mol. The van der Waals surface area contributed by atoms with Crippen LogP contribution in [-0.2, 0) is 20.8 Å². The Labute approximate surface area is 256 Å². The minimum absolute atomic E-state index is 0.172. The van der Waals surface area contributed by atoms with Gasteiger partial charge in [-0.15, -0.1) is 0 Å². The SMILES string of the molecule is C=CC(=O)OCCOCCOc1ccc(C=Nc2ccc(OC(=O)c3ccc(OCC[n+]4ccn(C=C)c4)cc3)cc2)cc1. The Morgan fingerprint density at radius 3 is 2.14 bits per heavy atom. The van der Waals surface area contributed by atoms with Crippen LogP contribution in [0, 0.1) is 0 Å². The average Bonchev–Trinajstić information content (AvgIpc) is 3.52. The highest BCUT2D eigenvalue weighted by Gasteiger charge is 2.09. The van der Waals surface area contributed by atoms with Crippen molar-refractivity contribution in [2.24, 2.45) is 4.99 Å². The number of carbonyl (C=O) groups excluding carboxylic acids is 2. The Kier molecular flexibility index (Phi) is 12.0. The third-order valence-corrected chi connectivity index (χ3v) is 6.06. The normalized spacial score (nSPS) is 10.7. The summed E-state index contributed by atoms with van der Waals surface area (Å²) in [5, 5.41) is 0. The zero-order valence-corrected chi connectivity index (χ0v) is 24.2. The highest BCUT2D eigenvalue weighted by atomic mass is 16.6. The average molecular weight is 597 g/mol. The third-order valence-electron chi connectivity index (χ3n) is 6.06. The van der Waals surface area contributed by atoms with Gasteiger partial charge >= 0.3 is 11.9 Å². The first kappa shape index (κ1) is 31.5. The van der Waals surface area contributed by atoms with E-state index in [1.165, 1.54) is 0 Å². The van der Waals surface area contributed by atoms with Gasteiger partial charge in [-0.25, -0.2) is 18.7 Å². The quantitative estimate of drug-likeness (QED) is 0.0420. The van der Waals surface area contributed by atoms with E-state index in [1.807, 2.05) is 52.1 Å². The lowest BCUT2D eigenvalue weighted by Gasteiger charge is -2.07. The minimum Gasteiger partial charge on any atom is -0.491 e. The lowest BCUT2D eigenvalue weighted by atomic mass is 10.2. The topological polar surface area (TPSA) is 101 Å². The van der Waals surface area contributed by atoms with Gasteiger partial charge in [-0.2, -0.15) is 0 Å². The maximum atomic E-state index is 12.6. The molecule has 3 aromatic carbocycles. The van der Waals surface area contributed by atoms with Crippen molar-refractivity contribution in [2.75, 3.05) is 33.0 Å². The minimum atomic E-state index is -0.473. The molecule has 0 fully saturated rings. The molecule has 226 valence electrons. The first-order chi connectivity index (χ1) is 21.5. The Bertz CT molecular complexity index is 1540. The lowest BCUT2D eigenvalue weighted by Crippen LogP contribution is -2.34. The number of hydrogen-bond acceptors (Lipinski definition) is 8. The van der Waals surface area contributed by atoms with E-state index >= 15 is 0 Å². The van der Waals surface area contributed by atoms with E-state index in [4.69, 9.17) is 23.7 Å². The van der Waals surface area contributed by atoms with E-state index in [0.717, 1.165) is 11.6 Å². The molecule has 0 saturated carbocycles. The second-order valence-electron chi connectivity index (χ2n) is 9.20. The van der Waals surface area contributed by atoms with Gasteiger partial charge in [-0.05, 0) is 78.4 Å². The summed E-state index contributed by atoms with van der Waals surface area (Å²) in [6, 6.07) is 21.2. The van der Waals surface area contributed by atoms with Gasteiger partial charge in [-0.1, -0.05) is 13.2 Å². The van der Waals surface area contributed by atoms with Crippen LogP contribution in [0.5, 0.6) is 17.2 Å². The predicted octanol–water partition coefficient (Wildman–Crippen LogP) is 5.05. The molecule has 0 aliphatic carbocycles. The van der Waals surface area contributed by atoms with Crippen LogP contribution in [0.1, 0.15) is 15.9 Å². The van der Waals surface area contributed by atoms with E-state index in [9.17, 15) is 9.59 Å². The van der Waals surface area contributed by atoms with Crippen LogP contribution in [0.4, 0.5) is 5.69 Å². The maximum absolute atomic E-state index is 12.6. The van der Waals surface area contributed by atoms with Crippen LogP contribution < -0.4 is 18.8 Å². The Hall–Kier alpha value is -5.48.